The van der Waals surface area contributed by atoms with Crippen molar-refractivity contribution in [2.24, 2.45) is 0 Å². The third-order valence-electron chi connectivity index (χ3n) is 3.10. The number of sulfonamides is 1. The van der Waals surface area contributed by atoms with Gasteiger partial charge < -0.3 is 0 Å². The molecule has 2 aromatic carbocycles. The molecule has 0 fully saturated rings. The van der Waals surface area contributed by atoms with Gasteiger partial charge >= 0.3 is 0 Å². The maximum absolute atomic E-state index is 11.7. The number of halogens is 1. The van der Waals surface area contributed by atoms with Gasteiger partial charge in [0.1, 0.15) is 5.21 Å². The van der Waals surface area contributed by atoms with Crippen LogP contribution in [-0.4, -0.2) is 18.6 Å². The highest BCUT2D eigenvalue weighted by atomic mass is 35.5. The number of nitrogens with one attached hydrogen (secondary N) is 1. The molecule has 1 aromatic heterocycles. The second-order valence-corrected chi connectivity index (χ2v) is 8.06. The van der Waals surface area contributed by atoms with Gasteiger partial charge in [0.15, 0.2) is 5.13 Å². The molecule has 0 aliphatic heterocycles. The fourth-order valence-corrected chi connectivity index (χ4v) is 4.02. The number of hydrogen-bond acceptors (Lipinski definition) is 4. The van der Waals surface area contributed by atoms with Gasteiger partial charge in [-0.2, -0.15) is 0 Å². The van der Waals surface area contributed by atoms with E-state index >= 15 is 0 Å². The quantitative estimate of drug-likeness (QED) is 0.682. The molecule has 4 nitrogen and oxygen atoms in total. The minimum atomic E-state index is -3.58. The highest BCUT2D eigenvalue weighted by molar-refractivity contribution is 7.94. The molecule has 0 amide bonds. The number of anilines is 1. The molecule has 0 saturated heterocycles. The molecule has 0 bridgehead atoms. The molecule has 0 saturated carbocycles. The zero-order chi connectivity index (χ0) is 16.3. The summed E-state index contributed by atoms with van der Waals surface area (Å²) in [6.07, 6.45) is 0. The molecule has 1 heterocycles. The minimum Gasteiger partial charge on any atom is -0.258 e. The Hall–Kier alpha value is -1.89. The number of benzene rings is 2. The molecule has 118 valence electrons. The molecule has 23 heavy (non-hydrogen) atoms. The van der Waals surface area contributed by atoms with Crippen LogP contribution in [0.25, 0.3) is 21.7 Å². The number of alkyl halides is 1. The fourth-order valence-electron chi connectivity index (χ4n) is 2.10. The number of aromatic nitrogens is 1. The topological polar surface area (TPSA) is 59.1 Å². The van der Waals surface area contributed by atoms with Crippen molar-refractivity contribution in [2.75, 3.05) is 9.93 Å². The van der Waals surface area contributed by atoms with Crippen LogP contribution in [0.2, 0.25) is 0 Å². The molecule has 7 heteroatoms. The first-order valence-corrected chi connectivity index (χ1v) is 9.77. The van der Waals surface area contributed by atoms with Crippen LogP contribution in [-0.2, 0) is 10.0 Å². The van der Waals surface area contributed by atoms with Crippen molar-refractivity contribution in [2.45, 2.75) is 0 Å². The van der Waals surface area contributed by atoms with E-state index in [1.165, 1.54) is 11.3 Å². The number of hydrogen-bond donors (Lipinski definition) is 1. The lowest BCUT2D eigenvalue weighted by Gasteiger charge is -2.02. The Bertz CT molecular complexity index is 837. The zero-order valence-electron chi connectivity index (χ0n) is 11.9. The summed E-state index contributed by atoms with van der Waals surface area (Å²) in [5.74, 6) is 0. The second kappa shape index (κ2) is 6.70. The maximum atomic E-state index is 11.7. The lowest BCUT2D eigenvalue weighted by molar-refractivity contribution is 0.605. The number of nitrogens with zero attached hydrogens (tertiary/aromatic N) is 1. The smallest absolute Gasteiger partial charge is 0.248 e. The first-order valence-electron chi connectivity index (χ1n) is 6.77. The van der Waals surface area contributed by atoms with Gasteiger partial charge in [0.25, 0.3) is 0 Å². The summed E-state index contributed by atoms with van der Waals surface area (Å²) in [7, 11) is -3.58. The Morgan fingerprint density at radius 3 is 2.09 bits per heavy atom. The third kappa shape index (κ3) is 3.72. The van der Waals surface area contributed by atoms with Gasteiger partial charge in [-0.3, -0.25) is 4.72 Å². The molecule has 3 rings (SSSR count). The third-order valence-corrected chi connectivity index (χ3v) is 5.90. The molecule has 1 N–H and O–H groups in total. The van der Waals surface area contributed by atoms with E-state index in [-0.39, 0.29) is 0 Å². The van der Waals surface area contributed by atoms with Gasteiger partial charge in [0, 0.05) is 5.56 Å². The molecule has 0 unspecified atom stereocenters. The van der Waals surface area contributed by atoms with E-state index in [1.807, 2.05) is 60.7 Å². The van der Waals surface area contributed by atoms with Crippen molar-refractivity contribution in [3.8, 4) is 21.7 Å². The van der Waals surface area contributed by atoms with Crippen LogP contribution < -0.4 is 4.72 Å². The highest BCUT2D eigenvalue weighted by Gasteiger charge is 2.18. The van der Waals surface area contributed by atoms with E-state index in [0.29, 0.717) is 5.13 Å². The van der Waals surface area contributed by atoms with E-state index in [9.17, 15) is 8.42 Å². The summed E-state index contributed by atoms with van der Waals surface area (Å²) < 4.78 is 25.8. The van der Waals surface area contributed by atoms with Gasteiger partial charge in [-0.25, -0.2) is 13.4 Å². The van der Waals surface area contributed by atoms with Crippen molar-refractivity contribution in [3.63, 3.8) is 0 Å². The molecule has 0 aliphatic rings. The van der Waals surface area contributed by atoms with Crippen LogP contribution in [0.1, 0.15) is 0 Å². The Labute approximate surface area is 143 Å². The predicted octanol–water partition coefficient (Wildman–Crippen LogP) is 4.42. The summed E-state index contributed by atoms with van der Waals surface area (Å²) in [4.78, 5) is 5.37. The highest BCUT2D eigenvalue weighted by Crippen LogP contribution is 2.39. The average molecular weight is 365 g/mol. The summed E-state index contributed by atoms with van der Waals surface area (Å²) in [5.41, 5.74) is 2.66. The van der Waals surface area contributed by atoms with Crippen LogP contribution in [0.15, 0.2) is 60.7 Å². The largest absolute Gasteiger partial charge is 0.258 e. The summed E-state index contributed by atoms with van der Waals surface area (Å²) in [6, 6.07) is 19.4. The lowest BCUT2D eigenvalue weighted by Crippen LogP contribution is -2.13. The van der Waals surface area contributed by atoms with Crippen LogP contribution in [0.5, 0.6) is 0 Å². The van der Waals surface area contributed by atoms with Crippen LogP contribution in [0.3, 0.4) is 0 Å². The maximum Gasteiger partial charge on any atom is 0.248 e. The van der Waals surface area contributed by atoms with E-state index < -0.39 is 15.2 Å². The predicted molar refractivity (Wildman–Crippen MR) is 96.2 cm³/mol. The van der Waals surface area contributed by atoms with Crippen LogP contribution in [0.4, 0.5) is 5.13 Å². The first kappa shape index (κ1) is 16.0. The van der Waals surface area contributed by atoms with Crippen molar-refractivity contribution >= 4 is 38.1 Å². The normalized spacial score (nSPS) is 11.3. The second-order valence-electron chi connectivity index (χ2n) is 4.75. The van der Waals surface area contributed by atoms with Crippen molar-refractivity contribution in [1.29, 1.82) is 0 Å². The van der Waals surface area contributed by atoms with Crippen molar-refractivity contribution in [1.82, 2.24) is 4.98 Å². The molecule has 0 atom stereocenters. The van der Waals surface area contributed by atoms with Crippen LogP contribution in [0, 0.1) is 0 Å². The van der Waals surface area contributed by atoms with E-state index in [0.717, 1.165) is 21.7 Å². The Kier molecular flexibility index (Phi) is 4.66. The first-order chi connectivity index (χ1) is 11.1. The molecule has 3 aromatic rings. The lowest BCUT2D eigenvalue weighted by atomic mass is 10.1. The summed E-state index contributed by atoms with van der Waals surface area (Å²) >= 11 is 6.74. The molecular formula is C16H13ClN2O2S2. The van der Waals surface area contributed by atoms with E-state index in [1.54, 1.807) is 0 Å². The van der Waals surface area contributed by atoms with Gasteiger partial charge in [0.05, 0.1) is 10.6 Å². The number of rotatable bonds is 5. The SMILES string of the molecule is O=S(=O)(CCl)Nc1nc(-c2ccccc2)c(-c2ccccc2)s1. The van der Waals surface area contributed by atoms with Gasteiger partial charge in [-0.1, -0.05) is 72.0 Å². The average Bonchev–Trinajstić information content (AvgIpc) is 2.99. The van der Waals surface area contributed by atoms with E-state index in [4.69, 9.17) is 11.6 Å². The standard InChI is InChI=1S/C16H13ClN2O2S2/c17-11-23(20,21)19-16-18-14(12-7-3-1-4-8-12)15(22-16)13-9-5-2-6-10-13/h1-10H,11H2,(H,18,19). The number of thiazole rings is 1. The monoisotopic (exact) mass is 364 g/mol. The Balaban J connectivity index is 2.11. The van der Waals surface area contributed by atoms with Crippen molar-refractivity contribution in [3.05, 3.63) is 60.7 Å². The van der Waals surface area contributed by atoms with Gasteiger partial charge in [-0.15, -0.1) is 11.6 Å². The summed E-state index contributed by atoms with van der Waals surface area (Å²) in [5, 5.41) is -0.197. The van der Waals surface area contributed by atoms with Crippen LogP contribution >= 0.6 is 22.9 Å². The van der Waals surface area contributed by atoms with E-state index in [2.05, 4.69) is 9.71 Å². The van der Waals surface area contributed by atoms with Gasteiger partial charge in [0.2, 0.25) is 10.0 Å². The Morgan fingerprint density at radius 1 is 0.957 bits per heavy atom. The summed E-state index contributed by atoms with van der Waals surface area (Å²) in [6.45, 7) is 0. The van der Waals surface area contributed by atoms with Gasteiger partial charge in [-0.05, 0) is 5.56 Å². The Morgan fingerprint density at radius 2 is 1.52 bits per heavy atom. The molecular weight excluding hydrogens is 352 g/mol. The molecule has 0 spiro atoms. The molecule has 0 aliphatic carbocycles. The minimum absolute atomic E-state index is 0.309. The molecule has 0 radical (unpaired) electrons. The fraction of sp³-hybridized carbons (Fsp3) is 0.0625. The zero-order valence-corrected chi connectivity index (χ0v) is 14.3. The van der Waals surface area contributed by atoms with Crippen molar-refractivity contribution < 1.29 is 8.42 Å².